The number of hydrogen-bond donors (Lipinski definition) is 1. The van der Waals surface area contributed by atoms with Crippen LogP contribution in [0.4, 0.5) is 0 Å². The maximum absolute atomic E-state index is 9.26. The summed E-state index contributed by atoms with van der Waals surface area (Å²) in [6, 6.07) is 10.5. The van der Waals surface area contributed by atoms with Crippen LogP contribution in [0.3, 0.4) is 0 Å². The Hall–Kier alpha value is -0.740. The Morgan fingerprint density at radius 2 is 1.89 bits per heavy atom. The van der Waals surface area contributed by atoms with Gasteiger partial charge in [-0.3, -0.25) is 0 Å². The fraction of sp³-hybridized carbons (Fsp3) is 0.0769. The molecule has 0 aliphatic carbocycles. The minimum atomic E-state index is -0.151. The van der Waals surface area contributed by atoms with E-state index in [1.165, 1.54) is 0 Å². The maximum Gasteiger partial charge on any atom is 0.151 e. The highest BCUT2D eigenvalue weighted by atomic mass is 79.9. The Labute approximate surface area is 123 Å². The highest BCUT2D eigenvalue weighted by molar-refractivity contribution is 9.10. The lowest BCUT2D eigenvalue weighted by atomic mass is 10.2. The highest BCUT2D eigenvalue weighted by Gasteiger charge is 2.11. The molecule has 0 fully saturated rings. The van der Waals surface area contributed by atoms with Gasteiger partial charge >= 0.3 is 0 Å². The molecule has 2 aromatic carbocycles. The van der Waals surface area contributed by atoms with Crippen LogP contribution in [-0.4, -0.2) is 5.11 Å². The van der Waals surface area contributed by atoms with Gasteiger partial charge in [0.25, 0.3) is 0 Å². The lowest BCUT2D eigenvalue weighted by Gasteiger charge is -2.12. The van der Waals surface area contributed by atoms with Gasteiger partial charge in [-0.25, -0.2) is 0 Å². The summed E-state index contributed by atoms with van der Waals surface area (Å²) in [5.41, 5.74) is 0.610. The van der Waals surface area contributed by atoms with Crippen molar-refractivity contribution in [3.05, 3.63) is 56.5 Å². The molecular formula is C13H9BrCl2O2. The minimum Gasteiger partial charge on any atom is -0.454 e. The number of aliphatic hydroxyl groups is 1. The zero-order valence-corrected chi connectivity index (χ0v) is 12.3. The number of benzene rings is 2. The van der Waals surface area contributed by atoms with E-state index < -0.39 is 0 Å². The van der Waals surface area contributed by atoms with Gasteiger partial charge in [-0.2, -0.15) is 0 Å². The lowest BCUT2D eigenvalue weighted by Crippen LogP contribution is -1.93. The molecule has 0 aliphatic rings. The van der Waals surface area contributed by atoms with Crippen molar-refractivity contribution in [2.24, 2.45) is 0 Å². The Balaban J connectivity index is 2.42. The number of aliphatic hydroxyl groups excluding tert-OH is 1. The van der Waals surface area contributed by atoms with Gasteiger partial charge in [-0.1, -0.05) is 51.3 Å². The predicted octanol–water partition coefficient (Wildman–Crippen LogP) is 5.04. The third-order valence-electron chi connectivity index (χ3n) is 2.32. The van der Waals surface area contributed by atoms with E-state index in [1.807, 2.05) is 6.07 Å². The first-order valence-corrected chi connectivity index (χ1v) is 6.68. The number of hydrogen-bond acceptors (Lipinski definition) is 2. The Morgan fingerprint density at radius 1 is 1.11 bits per heavy atom. The van der Waals surface area contributed by atoms with E-state index in [2.05, 4.69) is 15.9 Å². The molecule has 18 heavy (non-hydrogen) atoms. The monoisotopic (exact) mass is 346 g/mol. The molecular weight excluding hydrogens is 339 g/mol. The molecule has 0 aliphatic heterocycles. The molecule has 2 rings (SSSR count). The summed E-state index contributed by atoms with van der Waals surface area (Å²) >= 11 is 15.4. The Bertz CT molecular complexity index is 573. The van der Waals surface area contributed by atoms with Crippen LogP contribution in [-0.2, 0) is 6.61 Å². The van der Waals surface area contributed by atoms with Crippen LogP contribution in [0.25, 0.3) is 0 Å². The second kappa shape index (κ2) is 5.93. The van der Waals surface area contributed by atoms with Crippen molar-refractivity contribution in [2.45, 2.75) is 6.61 Å². The summed E-state index contributed by atoms with van der Waals surface area (Å²) in [4.78, 5) is 0. The van der Waals surface area contributed by atoms with Gasteiger partial charge in [-0.05, 0) is 24.3 Å². The fourth-order valence-electron chi connectivity index (χ4n) is 1.46. The predicted molar refractivity (Wildman–Crippen MR) is 76.6 cm³/mol. The molecule has 0 unspecified atom stereocenters. The van der Waals surface area contributed by atoms with E-state index in [0.717, 1.165) is 4.47 Å². The average molecular weight is 348 g/mol. The number of para-hydroxylation sites is 1. The average Bonchev–Trinajstić information content (AvgIpc) is 2.36. The maximum atomic E-state index is 9.26. The molecule has 5 heteroatoms. The van der Waals surface area contributed by atoms with E-state index in [9.17, 15) is 5.11 Å². The minimum absolute atomic E-state index is 0.151. The smallest absolute Gasteiger partial charge is 0.151 e. The van der Waals surface area contributed by atoms with Gasteiger partial charge in [0, 0.05) is 10.0 Å². The molecule has 2 aromatic rings. The topological polar surface area (TPSA) is 29.5 Å². The summed E-state index contributed by atoms with van der Waals surface area (Å²) in [6.07, 6.45) is 0. The number of halogens is 3. The van der Waals surface area contributed by atoms with Gasteiger partial charge in [0.05, 0.1) is 16.7 Å². The molecule has 0 aromatic heterocycles. The van der Waals surface area contributed by atoms with Crippen molar-refractivity contribution in [3.8, 4) is 11.5 Å². The van der Waals surface area contributed by atoms with Gasteiger partial charge in [0.15, 0.2) is 5.75 Å². The van der Waals surface area contributed by atoms with Gasteiger partial charge in [-0.15, -0.1) is 0 Å². The van der Waals surface area contributed by atoms with Crippen LogP contribution in [0.15, 0.2) is 40.9 Å². The first kappa shape index (κ1) is 13.7. The largest absolute Gasteiger partial charge is 0.454 e. The van der Waals surface area contributed by atoms with Crippen LogP contribution in [0.1, 0.15) is 5.56 Å². The van der Waals surface area contributed by atoms with Crippen LogP contribution >= 0.6 is 39.1 Å². The Morgan fingerprint density at radius 3 is 2.61 bits per heavy atom. The van der Waals surface area contributed by atoms with Crippen molar-refractivity contribution in [3.63, 3.8) is 0 Å². The molecule has 0 saturated carbocycles. The van der Waals surface area contributed by atoms with Crippen molar-refractivity contribution in [2.75, 3.05) is 0 Å². The van der Waals surface area contributed by atoms with Gasteiger partial charge < -0.3 is 9.84 Å². The summed E-state index contributed by atoms with van der Waals surface area (Å²) in [6.45, 7) is -0.151. The van der Waals surface area contributed by atoms with E-state index in [1.54, 1.807) is 30.3 Å². The van der Waals surface area contributed by atoms with E-state index in [-0.39, 0.29) is 6.61 Å². The van der Waals surface area contributed by atoms with Crippen LogP contribution in [0.5, 0.6) is 11.5 Å². The third-order valence-corrected chi connectivity index (χ3v) is 3.43. The molecule has 0 bridgehead atoms. The van der Waals surface area contributed by atoms with Gasteiger partial charge in [0.2, 0.25) is 0 Å². The first-order chi connectivity index (χ1) is 8.61. The Kier molecular flexibility index (Phi) is 4.51. The molecule has 2 nitrogen and oxygen atoms in total. The van der Waals surface area contributed by atoms with E-state index in [4.69, 9.17) is 27.9 Å². The lowest BCUT2D eigenvalue weighted by molar-refractivity contribution is 0.276. The zero-order valence-electron chi connectivity index (χ0n) is 9.16. The van der Waals surface area contributed by atoms with Crippen LogP contribution in [0, 0.1) is 0 Å². The quantitative estimate of drug-likeness (QED) is 0.842. The normalized spacial score (nSPS) is 10.4. The molecule has 0 atom stereocenters. The molecule has 0 amide bonds. The standard InChI is InChI=1S/C13H9BrCl2O2/c14-9-4-5-10(15)12(6-9)18-13-8(7-17)2-1-3-11(13)16/h1-6,17H,7H2. The molecule has 0 heterocycles. The second-order valence-corrected chi connectivity index (χ2v) is 5.29. The van der Waals surface area contributed by atoms with Crippen LogP contribution < -0.4 is 4.74 Å². The van der Waals surface area contributed by atoms with Crippen LogP contribution in [0.2, 0.25) is 10.0 Å². The number of rotatable bonds is 3. The van der Waals surface area contributed by atoms with E-state index >= 15 is 0 Å². The molecule has 94 valence electrons. The summed E-state index contributed by atoms with van der Waals surface area (Å²) in [5.74, 6) is 0.899. The summed E-state index contributed by atoms with van der Waals surface area (Å²) in [5, 5.41) is 10.2. The van der Waals surface area contributed by atoms with Crippen molar-refractivity contribution >= 4 is 39.1 Å². The first-order valence-electron chi connectivity index (χ1n) is 5.13. The highest BCUT2D eigenvalue weighted by Crippen LogP contribution is 2.37. The van der Waals surface area contributed by atoms with Crippen molar-refractivity contribution in [1.29, 1.82) is 0 Å². The summed E-state index contributed by atoms with van der Waals surface area (Å²) in [7, 11) is 0. The SMILES string of the molecule is OCc1cccc(Cl)c1Oc1cc(Br)ccc1Cl. The van der Waals surface area contributed by atoms with Crippen molar-refractivity contribution < 1.29 is 9.84 Å². The molecule has 0 spiro atoms. The van der Waals surface area contributed by atoms with E-state index in [0.29, 0.717) is 27.1 Å². The molecule has 1 N–H and O–H groups in total. The number of ether oxygens (including phenoxy) is 1. The summed E-state index contributed by atoms with van der Waals surface area (Å²) < 4.78 is 6.54. The second-order valence-electron chi connectivity index (χ2n) is 3.56. The zero-order chi connectivity index (χ0) is 13.1. The molecule has 0 radical (unpaired) electrons. The van der Waals surface area contributed by atoms with Crippen molar-refractivity contribution in [1.82, 2.24) is 0 Å². The molecule has 0 saturated heterocycles. The fourth-order valence-corrected chi connectivity index (χ4v) is 2.19. The van der Waals surface area contributed by atoms with Gasteiger partial charge in [0.1, 0.15) is 5.75 Å². The third kappa shape index (κ3) is 2.98.